The first kappa shape index (κ1) is 11.3. The van der Waals surface area contributed by atoms with E-state index in [1.54, 1.807) is 11.3 Å². The highest BCUT2D eigenvalue weighted by Gasteiger charge is 2.20. The number of primary amides is 1. The second kappa shape index (κ2) is 4.75. The summed E-state index contributed by atoms with van der Waals surface area (Å²) in [4.78, 5) is 15.0. The van der Waals surface area contributed by atoms with Crippen molar-refractivity contribution in [2.24, 2.45) is 5.73 Å². The third-order valence-corrected chi connectivity index (χ3v) is 3.44. The Morgan fingerprint density at radius 1 is 1.38 bits per heavy atom. The number of nitrogens with zero attached hydrogens (tertiary/aromatic N) is 4. The zero-order valence-electron chi connectivity index (χ0n) is 9.22. The minimum Gasteiger partial charge on any atom is -0.369 e. The van der Waals surface area contributed by atoms with E-state index in [0.29, 0.717) is 6.54 Å². The molecule has 0 atom stereocenters. The lowest BCUT2D eigenvalue weighted by molar-refractivity contribution is -0.119. The van der Waals surface area contributed by atoms with Gasteiger partial charge in [-0.2, -0.15) is 0 Å². The second-order valence-corrected chi connectivity index (χ2v) is 4.99. The van der Waals surface area contributed by atoms with E-state index in [-0.39, 0.29) is 5.91 Å². The number of piperazine rings is 1. The van der Waals surface area contributed by atoms with Gasteiger partial charge in [0.25, 0.3) is 0 Å². The maximum absolute atomic E-state index is 10.8. The van der Waals surface area contributed by atoms with E-state index < -0.39 is 0 Å². The van der Waals surface area contributed by atoms with Gasteiger partial charge in [-0.05, 0) is 6.92 Å². The van der Waals surface area contributed by atoms with E-state index >= 15 is 0 Å². The van der Waals surface area contributed by atoms with Gasteiger partial charge in [0.05, 0.1) is 6.54 Å². The molecule has 1 aliphatic rings. The number of anilines is 1. The first-order chi connectivity index (χ1) is 7.65. The smallest absolute Gasteiger partial charge is 0.231 e. The topological polar surface area (TPSA) is 75.3 Å². The number of aryl methyl sites for hydroxylation is 1. The van der Waals surface area contributed by atoms with E-state index in [4.69, 9.17) is 5.73 Å². The van der Waals surface area contributed by atoms with Crippen LogP contribution in [0.15, 0.2) is 0 Å². The number of hydrogen-bond donors (Lipinski definition) is 1. The summed E-state index contributed by atoms with van der Waals surface area (Å²) in [6, 6.07) is 0. The van der Waals surface area contributed by atoms with Crippen LogP contribution in [0, 0.1) is 6.92 Å². The molecule has 88 valence electrons. The number of carbonyl (C=O) groups is 1. The van der Waals surface area contributed by atoms with Gasteiger partial charge < -0.3 is 10.6 Å². The van der Waals surface area contributed by atoms with Gasteiger partial charge in [0, 0.05) is 26.2 Å². The normalized spacial score (nSPS) is 17.7. The Labute approximate surface area is 98.0 Å². The van der Waals surface area contributed by atoms with Gasteiger partial charge in [-0.1, -0.05) is 11.3 Å². The first-order valence-corrected chi connectivity index (χ1v) is 6.02. The van der Waals surface area contributed by atoms with Crippen molar-refractivity contribution < 1.29 is 4.79 Å². The third-order valence-electron chi connectivity index (χ3n) is 2.54. The molecule has 1 aromatic heterocycles. The molecule has 0 saturated carbocycles. The Kier molecular flexibility index (Phi) is 3.35. The summed E-state index contributed by atoms with van der Waals surface area (Å²) < 4.78 is 0. The summed E-state index contributed by atoms with van der Waals surface area (Å²) in [5.41, 5.74) is 5.16. The molecular weight excluding hydrogens is 226 g/mol. The molecule has 1 aromatic rings. The molecule has 2 rings (SSSR count). The van der Waals surface area contributed by atoms with E-state index in [1.807, 2.05) is 6.92 Å². The molecule has 1 fully saturated rings. The van der Waals surface area contributed by atoms with Crippen molar-refractivity contribution in [3.05, 3.63) is 5.01 Å². The number of amides is 1. The largest absolute Gasteiger partial charge is 0.369 e. The van der Waals surface area contributed by atoms with Crippen LogP contribution in [0.4, 0.5) is 5.13 Å². The zero-order valence-corrected chi connectivity index (χ0v) is 10.0. The fourth-order valence-electron chi connectivity index (χ4n) is 1.73. The predicted molar refractivity (Wildman–Crippen MR) is 62.5 cm³/mol. The molecule has 6 nitrogen and oxygen atoms in total. The molecule has 7 heteroatoms. The summed E-state index contributed by atoms with van der Waals surface area (Å²) in [7, 11) is 0. The third kappa shape index (κ3) is 2.67. The SMILES string of the molecule is Cc1nnc(N2CCN(CC(N)=O)CC2)s1. The molecule has 0 aliphatic carbocycles. The first-order valence-electron chi connectivity index (χ1n) is 5.21. The molecule has 0 spiro atoms. The van der Waals surface area contributed by atoms with E-state index in [1.165, 1.54) is 0 Å². The van der Waals surface area contributed by atoms with Gasteiger partial charge in [0.1, 0.15) is 5.01 Å². The Hall–Kier alpha value is -1.21. The maximum Gasteiger partial charge on any atom is 0.231 e. The molecule has 1 amide bonds. The molecule has 2 N–H and O–H groups in total. The van der Waals surface area contributed by atoms with Crippen LogP contribution in [0.25, 0.3) is 0 Å². The van der Waals surface area contributed by atoms with Gasteiger partial charge in [0.15, 0.2) is 0 Å². The van der Waals surface area contributed by atoms with Crippen molar-refractivity contribution in [3.63, 3.8) is 0 Å². The van der Waals surface area contributed by atoms with Gasteiger partial charge in [0.2, 0.25) is 11.0 Å². The van der Waals surface area contributed by atoms with Gasteiger partial charge in [-0.3, -0.25) is 9.69 Å². The van der Waals surface area contributed by atoms with Crippen molar-refractivity contribution in [2.75, 3.05) is 37.6 Å². The summed E-state index contributed by atoms with van der Waals surface area (Å²) in [6.07, 6.45) is 0. The second-order valence-electron chi connectivity index (χ2n) is 3.83. The minimum atomic E-state index is -0.264. The summed E-state index contributed by atoms with van der Waals surface area (Å²) >= 11 is 1.60. The Morgan fingerprint density at radius 2 is 2.06 bits per heavy atom. The van der Waals surface area contributed by atoms with Crippen LogP contribution in [0.5, 0.6) is 0 Å². The fraction of sp³-hybridized carbons (Fsp3) is 0.667. The molecule has 0 aromatic carbocycles. The molecule has 0 unspecified atom stereocenters. The summed E-state index contributed by atoms with van der Waals surface area (Å²) in [5, 5.41) is 10.1. The summed E-state index contributed by atoms with van der Waals surface area (Å²) in [6.45, 7) is 5.75. The number of rotatable bonds is 3. The van der Waals surface area contributed by atoms with Crippen molar-refractivity contribution in [1.29, 1.82) is 0 Å². The number of aromatic nitrogens is 2. The Bertz CT molecular complexity index is 372. The summed E-state index contributed by atoms with van der Waals surface area (Å²) in [5.74, 6) is -0.264. The lowest BCUT2D eigenvalue weighted by atomic mass is 10.3. The predicted octanol–water partition coefficient (Wildman–Crippen LogP) is -0.546. The molecule has 1 saturated heterocycles. The zero-order chi connectivity index (χ0) is 11.5. The molecule has 16 heavy (non-hydrogen) atoms. The van der Waals surface area contributed by atoms with Crippen molar-refractivity contribution in [1.82, 2.24) is 15.1 Å². The van der Waals surface area contributed by atoms with Crippen LogP contribution in [0.3, 0.4) is 0 Å². The standard InChI is InChI=1S/C9H15N5OS/c1-7-11-12-9(16-7)14-4-2-13(3-5-14)6-8(10)15/h2-6H2,1H3,(H2,10,15). The highest BCUT2D eigenvalue weighted by Crippen LogP contribution is 2.20. The number of nitrogens with two attached hydrogens (primary N) is 1. The van der Waals surface area contributed by atoms with Crippen LogP contribution >= 0.6 is 11.3 Å². The average Bonchev–Trinajstić information content (AvgIpc) is 2.65. The van der Waals surface area contributed by atoms with Crippen LogP contribution in [0.2, 0.25) is 0 Å². The Balaban J connectivity index is 1.87. The monoisotopic (exact) mass is 241 g/mol. The maximum atomic E-state index is 10.8. The van der Waals surface area contributed by atoms with Crippen molar-refractivity contribution in [2.45, 2.75) is 6.92 Å². The molecule has 2 heterocycles. The molecule has 0 bridgehead atoms. The van der Waals surface area contributed by atoms with Gasteiger partial charge >= 0.3 is 0 Å². The van der Waals surface area contributed by atoms with E-state index in [0.717, 1.165) is 36.3 Å². The lowest BCUT2D eigenvalue weighted by Gasteiger charge is -2.33. The molecular formula is C9H15N5OS. The quantitative estimate of drug-likeness (QED) is 0.769. The molecule has 0 radical (unpaired) electrons. The van der Waals surface area contributed by atoms with Crippen LogP contribution in [0.1, 0.15) is 5.01 Å². The highest BCUT2D eigenvalue weighted by molar-refractivity contribution is 7.15. The number of carbonyl (C=O) groups excluding carboxylic acids is 1. The molecule has 1 aliphatic heterocycles. The van der Waals surface area contributed by atoms with E-state index in [9.17, 15) is 4.79 Å². The van der Waals surface area contributed by atoms with Gasteiger partial charge in [-0.15, -0.1) is 10.2 Å². The lowest BCUT2D eigenvalue weighted by Crippen LogP contribution is -2.48. The van der Waals surface area contributed by atoms with E-state index in [2.05, 4.69) is 20.0 Å². The van der Waals surface area contributed by atoms with Crippen LogP contribution in [-0.4, -0.2) is 53.7 Å². The van der Waals surface area contributed by atoms with Crippen molar-refractivity contribution in [3.8, 4) is 0 Å². The van der Waals surface area contributed by atoms with Crippen molar-refractivity contribution >= 4 is 22.4 Å². The minimum absolute atomic E-state index is 0.264. The number of hydrogen-bond acceptors (Lipinski definition) is 6. The Morgan fingerprint density at radius 3 is 2.56 bits per heavy atom. The van der Waals surface area contributed by atoms with Gasteiger partial charge in [-0.25, -0.2) is 0 Å². The highest BCUT2D eigenvalue weighted by atomic mass is 32.1. The van der Waals surface area contributed by atoms with Crippen LogP contribution in [-0.2, 0) is 4.79 Å². The average molecular weight is 241 g/mol. The van der Waals surface area contributed by atoms with Crippen LogP contribution < -0.4 is 10.6 Å². The fourth-order valence-corrected chi connectivity index (χ4v) is 2.47.